The fraction of sp³-hybridized carbons (Fsp3) is 0.308. The average molecular weight is 465 g/mol. The third kappa shape index (κ3) is 4.58. The summed E-state index contributed by atoms with van der Waals surface area (Å²) in [5.74, 6) is 15.0. The molecule has 0 saturated carbocycles. The summed E-state index contributed by atoms with van der Waals surface area (Å²) in [6.45, 7) is 8.88. The molecule has 0 N–H and O–H groups in total. The predicted octanol–water partition coefficient (Wildman–Crippen LogP) is 9.21. The minimum atomic E-state index is 0.590. The van der Waals surface area contributed by atoms with E-state index in [1.54, 1.807) is 22.7 Å². The molecule has 0 saturated heterocycles. The first-order valence-electron chi connectivity index (χ1n) is 10.2. The summed E-state index contributed by atoms with van der Waals surface area (Å²) in [4.78, 5) is 2.38. The molecule has 0 aliphatic rings. The second-order valence-electron chi connectivity index (χ2n) is 8.09. The molecule has 30 heavy (non-hydrogen) atoms. The van der Waals surface area contributed by atoms with Gasteiger partial charge in [0, 0.05) is 24.0 Å². The van der Waals surface area contributed by atoms with E-state index < -0.39 is 0 Å². The lowest BCUT2D eigenvalue weighted by Gasteiger charge is -1.98. The van der Waals surface area contributed by atoms with Crippen LogP contribution in [0.25, 0.3) is 31.7 Å². The second kappa shape index (κ2) is 9.54. The third-order valence-electron chi connectivity index (χ3n) is 4.57. The van der Waals surface area contributed by atoms with Crippen molar-refractivity contribution in [3.05, 3.63) is 43.4 Å². The molecule has 152 valence electrons. The summed E-state index contributed by atoms with van der Waals surface area (Å²) in [6.07, 6.45) is 1.86. The van der Waals surface area contributed by atoms with Crippen LogP contribution in [0.3, 0.4) is 0 Å². The van der Waals surface area contributed by atoms with Crippen molar-refractivity contribution in [1.82, 2.24) is 0 Å². The first kappa shape index (κ1) is 21.4. The molecular formula is C26H24S4. The summed E-state index contributed by atoms with van der Waals surface area (Å²) in [5, 5.41) is 8.79. The molecule has 0 nitrogen and oxygen atoms in total. The zero-order valence-corrected chi connectivity index (χ0v) is 20.9. The molecule has 0 bridgehead atoms. The van der Waals surface area contributed by atoms with E-state index in [0.29, 0.717) is 11.8 Å². The summed E-state index contributed by atoms with van der Waals surface area (Å²) < 4.78 is 2.67. The van der Waals surface area contributed by atoms with Crippen molar-refractivity contribution in [1.29, 1.82) is 0 Å². The standard InChI is InChI=1S/C26H24S4/c1-17(2)7-5-9-21-23(19-11-13-27-15-19)25-26(29-21)24(20-12-14-28-16-20)22(30-25)10-6-8-18(3)4/h11-18H,7-8H2,1-4H3. The van der Waals surface area contributed by atoms with Crippen molar-refractivity contribution < 1.29 is 0 Å². The van der Waals surface area contributed by atoms with Crippen molar-refractivity contribution in [2.45, 2.75) is 40.5 Å². The summed E-state index contributed by atoms with van der Waals surface area (Å²) in [6, 6.07) is 4.43. The minimum Gasteiger partial charge on any atom is -0.152 e. The fourth-order valence-electron chi connectivity index (χ4n) is 3.12. The van der Waals surface area contributed by atoms with Crippen LogP contribution in [0.15, 0.2) is 33.7 Å². The summed E-state index contributed by atoms with van der Waals surface area (Å²) >= 11 is 7.16. The maximum Gasteiger partial charge on any atom is 0.0868 e. The number of hydrogen-bond acceptors (Lipinski definition) is 4. The molecule has 0 unspecified atom stereocenters. The molecule has 0 atom stereocenters. The Labute approximate surface area is 195 Å². The van der Waals surface area contributed by atoms with E-state index in [1.807, 2.05) is 22.7 Å². The summed E-state index contributed by atoms with van der Waals surface area (Å²) in [7, 11) is 0. The quantitative estimate of drug-likeness (QED) is 0.264. The maximum absolute atomic E-state index is 3.50. The van der Waals surface area contributed by atoms with E-state index >= 15 is 0 Å². The van der Waals surface area contributed by atoms with Gasteiger partial charge >= 0.3 is 0 Å². The molecule has 0 radical (unpaired) electrons. The Bertz CT molecular complexity index is 1140. The van der Waals surface area contributed by atoms with Crippen LogP contribution in [-0.2, 0) is 0 Å². The van der Waals surface area contributed by atoms with E-state index in [4.69, 9.17) is 0 Å². The van der Waals surface area contributed by atoms with E-state index in [0.717, 1.165) is 12.8 Å². The van der Waals surface area contributed by atoms with Crippen LogP contribution < -0.4 is 0 Å². The number of hydrogen-bond donors (Lipinski definition) is 0. The van der Waals surface area contributed by atoms with Gasteiger partial charge in [0.15, 0.2) is 0 Å². The fourth-order valence-corrected chi connectivity index (χ4v) is 7.12. The van der Waals surface area contributed by atoms with Gasteiger partial charge < -0.3 is 0 Å². The van der Waals surface area contributed by atoms with Crippen molar-refractivity contribution in [3.8, 4) is 45.9 Å². The average Bonchev–Trinajstić information content (AvgIpc) is 3.45. The highest BCUT2D eigenvalue weighted by molar-refractivity contribution is 7.30. The van der Waals surface area contributed by atoms with Crippen LogP contribution >= 0.6 is 45.3 Å². The highest BCUT2D eigenvalue weighted by Gasteiger charge is 2.22. The third-order valence-corrected chi connectivity index (χ3v) is 8.31. The lowest BCUT2D eigenvalue weighted by Crippen LogP contribution is -1.82. The van der Waals surface area contributed by atoms with E-state index in [2.05, 4.69) is 85.0 Å². The van der Waals surface area contributed by atoms with Crippen LogP contribution in [0.2, 0.25) is 0 Å². The van der Waals surface area contributed by atoms with Gasteiger partial charge in [-0.25, -0.2) is 0 Å². The number of rotatable bonds is 4. The van der Waals surface area contributed by atoms with Crippen LogP contribution in [-0.4, -0.2) is 0 Å². The zero-order valence-electron chi connectivity index (χ0n) is 17.7. The van der Waals surface area contributed by atoms with Gasteiger partial charge in [-0.05, 0) is 56.6 Å². The minimum absolute atomic E-state index is 0.590. The normalized spacial score (nSPS) is 11.0. The van der Waals surface area contributed by atoms with E-state index in [-0.39, 0.29) is 0 Å². The molecule has 0 aliphatic carbocycles. The molecule has 0 fully saturated rings. The van der Waals surface area contributed by atoms with E-state index in [1.165, 1.54) is 41.4 Å². The van der Waals surface area contributed by atoms with Crippen molar-refractivity contribution >= 4 is 54.7 Å². The predicted molar refractivity (Wildman–Crippen MR) is 139 cm³/mol. The van der Waals surface area contributed by atoms with Gasteiger partial charge in [0.05, 0.1) is 19.2 Å². The lowest BCUT2D eigenvalue weighted by atomic mass is 10.1. The topological polar surface area (TPSA) is 0 Å². The smallest absolute Gasteiger partial charge is 0.0868 e. The van der Waals surface area contributed by atoms with Crippen LogP contribution in [0.1, 0.15) is 50.3 Å². The number of fused-ring (bicyclic) bond motifs is 1. The Morgan fingerprint density at radius 2 is 1.13 bits per heavy atom. The Kier molecular flexibility index (Phi) is 6.81. The monoisotopic (exact) mass is 464 g/mol. The molecule has 0 amide bonds. The highest BCUT2D eigenvalue weighted by Crippen LogP contribution is 2.49. The van der Waals surface area contributed by atoms with Gasteiger partial charge in [-0.15, -0.1) is 22.7 Å². The van der Waals surface area contributed by atoms with Gasteiger partial charge in [-0.2, -0.15) is 22.7 Å². The van der Waals surface area contributed by atoms with Gasteiger partial charge in [0.1, 0.15) is 0 Å². The zero-order chi connectivity index (χ0) is 21.1. The molecular weight excluding hydrogens is 441 g/mol. The molecule has 4 rings (SSSR count). The molecule has 4 heterocycles. The van der Waals surface area contributed by atoms with Crippen LogP contribution in [0.4, 0.5) is 0 Å². The van der Waals surface area contributed by atoms with Gasteiger partial charge in [0.2, 0.25) is 0 Å². The lowest BCUT2D eigenvalue weighted by molar-refractivity contribution is 0.676. The molecule has 4 aromatic rings. The number of thiophene rings is 4. The Hall–Kier alpha value is -1.82. The largest absolute Gasteiger partial charge is 0.152 e. The molecule has 0 aliphatic heterocycles. The SMILES string of the molecule is CC(C)CC#Cc1sc2c(-c3ccsc3)c(C#CCC(C)C)sc2c1-c1ccsc1. The van der Waals surface area contributed by atoms with E-state index in [9.17, 15) is 0 Å². The van der Waals surface area contributed by atoms with Gasteiger partial charge in [-0.3, -0.25) is 0 Å². The Morgan fingerprint density at radius 1 is 0.700 bits per heavy atom. The Morgan fingerprint density at radius 3 is 1.47 bits per heavy atom. The van der Waals surface area contributed by atoms with Crippen LogP contribution in [0.5, 0.6) is 0 Å². The van der Waals surface area contributed by atoms with Gasteiger partial charge in [0.25, 0.3) is 0 Å². The highest BCUT2D eigenvalue weighted by atomic mass is 32.1. The molecule has 4 aromatic heterocycles. The van der Waals surface area contributed by atoms with Gasteiger partial charge in [-0.1, -0.05) is 51.4 Å². The Balaban J connectivity index is 1.93. The maximum atomic E-state index is 3.50. The molecule has 4 heteroatoms. The summed E-state index contributed by atoms with van der Waals surface area (Å²) in [5.41, 5.74) is 5.15. The van der Waals surface area contributed by atoms with Crippen LogP contribution in [0, 0.1) is 35.5 Å². The molecule has 0 spiro atoms. The van der Waals surface area contributed by atoms with Crippen molar-refractivity contribution in [2.75, 3.05) is 0 Å². The molecule has 0 aromatic carbocycles. The van der Waals surface area contributed by atoms with Crippen molar-refractivity contribution in [2.24, 2.45) is 11.8 Å². The first-order valence-corrected chi connectivity index (χ1v) is 13.7. The second-order valence-corrected chi connectivity index (χ2v) is 11.7. The first-order chi connectivity index (χ1) is 14.5. The van der Waals surface area contributed by atoms with Crippen molar-refractivity contribution in [3.63, 3.8) is 0 Å².